The Hall–Kier alpha value is -7.76. The van der Waals surface area contributed by atoms with Crippen molar-refractivity contribution in [2.24, 2.45) is 0 Å². The maximum atomic E-state index is 2.56. The molecule has 0 unspecified atom stereocenters. The first-order valence-corrected chi connectivity index (χ1v) is 25.1. The van der Waals surface area contributed by atoms with E-state index in [9.17, 15) is 0 Å². The average Bonchev–Trinajstić information content (AvgIpc) is 4.07. The fraction of sp³-hybridized carbons (Fsp3) is 0.0625. The summed E-state index contributed by atoms with van der Waals surface area (Å²) in [5.41, 5.74) is 16.5. The Morgan fingerprint density at radius 2 is 0.632 bits per heavy atom. The fourth-order valence-electron chi connectivity index (χ4n) is 12.1. The summed E-state index contributed by atoms with van der Waals surface area (Å²) in [6.07, 6.45) is 0. The minimum atomic E-state index is -0.628. The van der Waals surface area contributed by atoms with Crippen LogP contribution in [0, 0.1) is 0 Å². The molecule has 0 saturated carbocycles. The molecule has 2 heterocycles. The number of rotatable bonds is 6. The third-order valence-electron chi connectivity index (χ3n) is 14.9. The Kier molecular flexibility index (Phi) is 8.62. The van der Waals surface area contributed by atoms with Crippen LogP contribution in [0.3, 0.4) is 0 Å². The van der Waals surface area contributed by atoms with Crippen LogP contribution in [-0.4, -0.2) is 0 Å². The summed E-state index contributed by atoms with van der Waals surface area (Å²) < 4.78 is 5.13. The van der Waals surface area contributed by atoms with Crippen LogP contribution in [0.5, 0.6) is 0 Å². The second-order valence-electron chi connectivity index (χ2n) is 18.7. The Labute approximate surface area is 404 Å². The van der Waals surface area contributed by atoms with Crippen LogP contribution in [0.25, 0.3) is 51.5 Å². The number of nitrogens with zero attached hydrogens (tertiary/aromatic N) is 2. The van der Waals surface area contributed by atoms with E-state index in [-0.39, 0.29) is 5.41 Å². The van der Waals surface area contributed by atoms with Crippen LogP contribution in [0.2, 0.25) is 0 Å². The van der Waals surface area contributed by atoms with Crippen molar-refractivity contribution in [2.45, 2.75) is 24.7 Å². The van der Waals surface area contributed by atoms with Gasteiger partial charge in [0.15, 0.2) is 0 Å². The van der Waals surface area contributed by atoms with Crippen molar-refractivity contribution in [1.82, 2.24) is 0 Å². The van der Waals surface area contributed by atoms with Crippen LogP contribution >= 0.6 is 22.7 Å². The van der Waals surface area contributed by atoms with Gasteiger partial charge in [0.1, 0.15) is 0 Å². The van der Waals surface area contributed by atoms with Crippen LogP contribution in [0.4, 0.5) is 34.1 Å². The molecule has 0 amide bonds. The van der Waals surface area contributed by atoms with Crippen LogP contribution in [0.15, 0.2) is 231 Å². The van der Waals surface area contributed by atoms with E-state index < -0.39 is 5.41 Å². The van der Waals surface area contributed by atoms with E-state index in [1.165, 1.54) is 96.2 Å². The number of benzene rings is 10. The number of fused-ring (bicyclic) bond motifs is 15. The van der Waals surface area contributed by atoms with Crippen molar-refractivity contribution in [2.75, 3.05) is 9.80 Å². The van der Waals surface area contributed by atoms with Gasteiger partial charge in [-0.15, -0.1) is 22.7 Å². The predicted molar refractivity (Wildman–Crippen MR) is 291 cm³/mol. The van der Waals surface area contributed by atoms with E-state index in [0.29, 0.717) is 0 Å². The number of hydrogen-bond donors (Lipinski definition) is 0. The van der Waals surface area contributed by atoms with E-state index in [1.807, 2.05) is 22.7 Å². The first-order chi connectivity index (χ1) is 33.5. The number of anilines is 6. The van der Waals surface area contributed by atoms with E-state index in [4.69, 9.17) is 0 Å². The molecule has 0 atom stereocenters. The molecule has 2 aliphatic rings. The molecule has 0 radical (unpaired) electrons. The van der Waals surface area contributed by atoms with Gasteiger partial charge in [-0.1, -0.05) is 184 Å². The van der Waals surface area contributed by atoms with Crippen LogP contribution in [-0.2, 0) is 10.8 Å². The molecule has 0 aliphatic heterocycles. The zero-order valence-corrected chi connectivity index (χ0v) is 39.3. The van der Waals surface area contributed by atoms with Gasteiger partial charge in [-0.3, -0.25) is 0 Å². The van der Waals surface area contributed by atoms with Crippen molar-refractivity contribution in [3.8, 4) is 11.1 Å². The summed E-state index contributed by atoms with van der Waals surface area (Å²) in [6, 6.07) is 86.4. The normalized spacial score (nSPS) is 14.0. The zero-order chi connectivity index (χ0) is 45.1. The topological polar surface area (TPSA) is 6.48 Å². The van der Waals surface area contributed by atoms with Crippen molar-refractivity contribution in [3.63, 3.8) is 0 Å². The van der Waals surface area contributed by atoms with Gasteiger partial charge >= 0.3 is 0 Å². The van der Waals surface area contributed by atoms with Gasteiger partial charge in [-0.05, 0) is 94.0 Å². The van der Waals surface area contributed by atoms with Gasteiger partial charge < -0.3 is 9.80 Å². The zero-order valence-electron chi connectivity index (χ0n) is 37.7. The molecule has 2 aromatic heterocycles. The lowest BCUT2D eigenvalue weighted by Crippen LogP contribution is -2.40. The molecule has 1 spiro atoms. The largest absolute Gasteiger partial charge is 0.308 e. The van der Waals surface area contributed by atoms with Crippen molar-refractivity contribution < 1.29 is 0 Å². The number of hydrogen-bond acceptors (Lipinski definition) is 4. The van der Waals surface area contributed by atoms with Crippen molar-refractivity contribution in [1.29, 1.82) is 0 Å². The first-order valence-electron chi connectivity index (χ1n) is 23.5. The molecular weight excluding hydrogens is 861 g/mol. The second kappa shape index (κ2) is 14.9. The predicted octanol–water partition coefficient (Wildman–Crippen LogP) is 18.4. The molecule has 322 valence electrons. The highest BCUT2D eigenvalue weighted by atomic mass is 32.1. The van der Waals surface area contributed by atoms with E-state index in [1.54, 1.807) is 0 Å². The molecule has 0 saturated heterocycles. The average molecular weight is 905 g/mol. The van der Waals surface area contributed by atoms with Crippen LogP contribution in [0.1, 0.15) is 47.2 Å². The molecule has 10 aromatic carbocycles. The minimum Gasteiger partial charge on any atom is -0.308 e. The lowest BCUT2D eigenvalue weighted by Gasteiger charge is -2.46. The SMILES string of the molecule is CC1(C)c2ccccc2C2(c3ccccc31)c1cccc(N(c3ccccc3)c3cccc4c3sc3ccccc34)c1-c1c(N(c3ccccc3)c3cccc4c3sc3ccccc34)cccc12. The van der Waals surface area contributed by atoms with Gasteiger partial charge in [0.2, 0.25) is 0 Å². The molecule has 0 N–H and O–H groups in total. The first kappa shape index (κ1) is 39.4. The Balaban J connectivity index is 1.16. The highest BCUT2D eigenvalue weighted by Crippen LogP contribution is 2.66. The molecule has 12 aromatic rings. The van der Waals surface area contributed by atoms with E-state index in [0.717, 1.165) is 22.7 Å². The highest BCUT2D eigenvalue weighted by molar-refractivity contribution is 7.26. The number of thiophene rings is 2. The Bertz CT molecular complexity index is 3710. The molecule has 4 heteroatoms. The lowest BCUT2D eigenvalue weighted by molar-refractivity contribution is 0.563. The molecule has 2 nitrogen and oxygen atoms in total. The monoisotopic (exact) mass is 904 g/mol. The van der Waals surface area contributed by atoms with E-state index >= 15 is 0 Å². The summed E-state index contributed by atoms with van der Waals surface area (Å²) in [4.78, 5) is 5.11. The van der Waals surface area contributed by atoms with Gasteiger partial charge in [0, 0.05) is 58.9 Å². The van der Waals surface area contributed by atoms with Gasteiger partial charge in [-0.25, -0.2) is 0 Å². The fourth-order valence-corrected chi connectivity index (χ4v) is 14.5. The minimum absolute atomic E-state index is 0.226. The smallest absolute Gasteiger partial charge is 0.0721 e. The standard InChI is InChI=1S/C64H44N2S2/c1-63(2)47-29-11-13-31-49(47)64(50-32-14-12-30-48(50)63)51-33-19-35-53(65(41-21-5-3-6-22-41)55-37-17-27-45-43-25-9-15-39-57(43)67-61(45)55)59(51)60-52(64)34-20-36-54(60)66(42-23-7-4-8-24-42)56-38-18-28-46-44-26-10-16-40-58(44)68-62(46)56/h3-40H,1-2H3. The number of para-hydroxylation sites is 2. The summed E-state index contributed by atoms with van der Waals surface area (Å²) in [5, 5.41) is 5.13. The Morgan fingerprint density at radius 1 is 0.294 bits per heavy atom. The molecular formula is C64H44N2S2. The molecule has 2 aliphatic carbocycles. The maximum Gasteiger partial charge on any atom is 0.0721 e. The third kappa shape index (κ3) is 5.39. The van der Waals surface area contributed by atoms with Crippen LogP contribution < -0.4 is 9.80 Å². The lowest BCUT2D eigenvalue weighted by atomic mass is 9.55. The molecule has 0 fully saturated rings. The van der Waals surface area contributed by atoms with Crippen molar-refractivity contribution in [3.05, 3.63) is 264 Å². The second-order valence-corrected chi connectivity index (χ2v) is 20.8. The summed E-state index contributed by atoms with van der Waals surface area (Å²) in [7, 11) is 0. The summed E-state index contributed by atoms with van der Waals surface area (Å²) >= 11 is 3.77. The van der Waals surface area contributed by atoms with Gasteiger partial charge in [0.05, 0.1) is 37.6 Å². The van der Waals surface area contributed by atoms with E-state index in [2.05, 4.69) is 254 Å². The third-order valence-corrected chi connectivity index (χ3v) is 17.3. The summed E-state index contributed by atoms with van der Waals surface area (Å²) in [5.74, 6) is 0. The van der Waals surface area contributed by atoms with Crippen molar-refractivity contribution >= 4 is 97.1 Å². The molecule has 14 rings (SSSR count). The molecule has 0 bridgehead atoms. The maximum absolute atomic E-state index is 2.56. The highest BCUT2D eigenvalue weighted by Gasteiger charge is 2.55. The quantitative estimate of drug-likeness (QED) is 0.164. The molecule has 68 heavy (non-hydrogen) atoms. The van der Waals surface area contributed by atoms with Gasteiger partial charge in [0.25, 0.3) is 0 Å². The van der Waals surface area contributed by atoms with Gasteiger partial charge in [-0.2, -0.15) is 0 Å². The Morgan fingerprint density at radius 3 is 1.09 bits per heavy atom. The summed E-state index contributed by atoms with van der Waals surface area (Å²) in [6.45, 7) is 4.82.